The molecule has 0 bridgehead atoms. The van der Waals surface area contributed by atoms with Gasteiger partial charge in [-0.25, -0.2) is 0 Å². The number of anilines is 1. The molecule has 0 aliphatic carbocycles. The monoisotopic (exact) mass is 384 g/mol. The smallest absolute Gasteiger partial charge is 0.269 e. The highest BCUT2D eigenvalue weighted by molar-refractivity contribution is 5.93. The van der Waals surface area contributed by atoms with Crippen molar-refractivity contribution in [2.24, 2.45) is 0 Å². The number of ether oxygens (including phenoxy) is 2. The third-order valence-corrected chi connectivity index (χ3v) is 4.99. The van der Waals surface area contributed by atoms with Crippen LogP contribution in [0.3, 0.4) is 0 Å². The first-order valence-corrected chi connectivity index (χ1v) is 9.49. The number of hydrogen-bond donors (Lipinski definition) is 1. The Kier molecular flexibility index (Phi) is 6.71. The van der Waals surface area contributed by atoms with Crippen LogP contribution in [0.2, 0.25) is 0 Å². The van der Waals surface area contributed by atoms with Crippen molar-refractivity contribution in [3.05, 3.63) is 47.8 Å². The normalized spacial score (nSPS) is 14.6. The Hall–Kier alpha value is -2.80. The van der Waals surface area contributed by atoms with E-state index in [9.17, 15) is 4.79 Å². The Morgan fingerprint density at radius 3 is 2.54 bits per heavy atom. The van der Waals surface area contributed by atoms with Gasteiger partial charge in [0.2, 0.25) is 0 Å². The maximum atomic E-state index is 12.5. The first kappa shape index (κ1) is 19.9. The minimum absolute atomic E-state index is 0.156. The molecule has 0 unspecified atom stereocenters. The minimum Gasteiger partial charge on any atom is -0.493 e. The van der Waals surface area contributed by atoms with E-state index in [0.717, 1.165) is 37.4 Å². The molecule has 0 radical (unpaired) electrons. The molecule has 1 aliphatic heterocycles. The molecule has 2 heterocycles. The molecule has 1 aromatic carbocycles. The Morgan fingerprint density at radius 1 is 1.07 bits per heavy atom. The van der Waals surface area contributed by atoms with Crippen molar-refractivity contribution in [1.29, 1.82) is 0 Å². The Bertz CT molecular complexity index is 804. The number of carbonyl (C=O) groups is 1. The van der Waals surface area contributed by atoms with E-state index in [1.165, 1.54) is 0 Å². The molecular formula is C21H28N4O3. The van der Waals surface area contributed by atoms with E-state index in [1.807, 2.05) is 30.3 Å². The van der Waals surface area contributed by atoms with Crippen LogP contribution < -0.4 is 19.7 Å². The number of piperazine rings is 1. The van der Waals surface area contributed by atoms with E-state index >= 15 is 0 Å². The van der Waals surface area contributed by atoms with E-state index in [4.69, 9.17) is 9.47 Å². The van der Waals surface area contributed by atoms with Gasteiger partial charge in [-0.2, -0.15) is 0 Å². The molecule has 0 atom stereocenters. The zero-order chi connectivity index (χ0) is 19.9. The highest BCUT2D eigenvalue weighted by Crippen LogP contribution is 2.27. The molecule has 150 valence electrons. The van der Waals surface area contributed by atoms with Crippen molar-refractivity contribution >= 4 is 11.6 Å². The molecule has 1 saturated heterocycles. The average molecular weight is 384 g/mol. The Morgan fingerprint density at radius 2 is 1.82 bits per heavy atom. The Balaban J connectivity index is 1.56. The van der Waals surface area contributed by atoms with Crippen molar-refractivity contribution in [1.82, 2.24) is 15.2 Å². The number of carbonyl (C=O) groups excluding carboxylic acids is 1. The summed E-state index contributed by atoms with van der Waals surface area (Å²) in [6.45, 7) is 4.49. The van der Waals surface area contributed by atoms with E-state index in [-0.39, 0.29) is 5.91 Å². The maximum Gasteiger partial charge on any atom is 0.269 e. The van der Waals surface area contributed by atoms with Crippen LogP contribution in [0.5, 0.6) is 11.5 Å². The highest BCUT2D eigenvalue weighted by atomic mass is 16.5. The van der Waals surface area contributed by atoms with Gasteiger partial charge >= 0.3 is 0 Å². The van der Waals surface area contributed by atoms with Crippen LogP contribution in [0, 0.1) is 0 Å². The molecule has 1 aliphatic rings. The number of nitrogens with one attached hydrogen (secondary N) is 1. The third kappa shape index (κ3) is 4.92. The number of amides is 1. The predicted molar refractivity (Wildman–Crippen MR) is 110 cm³/mol. The summed E-state index contributed by atoms with van der Waals surface area (Å²) in [6, 6.07) is 9.61. The van der Waals surface area contributed by atoms with Crippen molar-refractivity contribution < 1.29 is 14.3 Å². The van der Waals surface area contributed by atoms with Gasteiger partial charge in [-0.3, -0.25) is 9.78 Å². The largest absolute Gasteiger partial charge is 0.493 e. The molecule has 1 amide bonds. The number of pyridine rings is 1. The summed E-state index contributed by atoms with van der Waals surface area (Å²) in [7, 11) is 5.35. The lowest BCUT2D eigenvalue weighted by molar-refractivity contribution is 0.0949. The van der Waals surface area contributed by atoms with Crippen molar-refractivity contribution in [3.63, 3.8) is 0 Å². The lowest BCUT2D eigenvalue weighted by atomic mass is 10.1. The summed E-state index contributed by atoms with van der Waals surface area (Å²) < 4.78 is 10.6. The van der Waals surface area contributed by atoms with Crippen LogP contribution in [0.15, 0.2) is 36.5 Å². The molecule has 2 aromatic rings. The average Bonchev–Trinajstić information content (AvgIpc) is 2.74. The maximum absolute atomic E-state index is 12.5. The lowest BCUT2D eigenvalue weighted by Gasteiger charge is -2.34. The van der Waals surface area contributed by atoms with Crippen LogP contribution in [0.25, 0.3) is 0 Å². The van der Waals surface area contributed by atoms with Crippen molar-refractivity contribution in [3.8, 4) is 11.5 Å². The third-order valence-electron chi connectivity index (χ3n) is 4.99. The summed E-state index contributed by atoms with van der Waals surface area (Å²) in [4.78, 5) is 21.3. The minimum atomic E-state index is -0.156. The summed E-state index contributed by atoms with van der Waals surface area (Å²) in [6.07, 6.45) is 2.40. The first-order valence-electron chi connectivity index (χ1n) is 9.49. The van der Waals surface area contributed by atoms with Gasteiger partial charge in [0.1, 0.15) is 5.69 Å². The zero-order valence-corrected chi connectivity index (χ0v) is 16.8. The van der Waals surface area contributed by atoms with Crippen molar-refractivity contribution in [2.45, 2.75) is 6.42 Å². The molecule has 1 aromatic heterocycles. The van der Waals surface area contributed by atoms with Crippen LogP contribution in [0.4, 0.5) is 5.69 Å². The number of rotatable bonds is 7. The van der Waals surface area contributed by atoms with Gasteiger partial charge in [0.15, 0.2) is 11.5 Å². The number of likely N-dealkylation sites (N-methyl/N-ethyl adjacent to an activating group) is 1. The summed E-state index contributed by atoms with van der Waals surface area (Å²) in [5.41, 5.74) is 2.56. The number of aromatic nitrogens is 1. The number of hydrogen-bond acceptors (Lipinski definition) is 6. The molecule has 0 spiro atoms. The van der Waals surface area contributed by atoms with Crippen LogP contribution >= 0.6 is 0 Å². The van der Waals surface area contributed by atoms with Gasteiger partial charge in [-0.1, -0.05) is 6.07 Å². The van der Waals surface area contributed by atoms with Crippen LogP contribution in [0.1, 0.15) is 16.1 Å². The van der Waals surface area contributed by atoms with Gasteiger partial charge in [-0.05, 0) is 43.3 Å². The summed E-state index contributed by atoms with van der Waals surface area (Å²) in [5.74, 6) is 1.23. The van der Waals surface area contributed by atoms with E-state index in [1.54, 1.807) is 20.4 Å². The molecule has 0 saturated carbocycles. The predicted octanol–water partition coefficient (Wildman–Crippen LogP) is 1.82. The fourth-order valence-electron chi connectivity index (χ4n) is 3.25. The SMILES string of the molecule is COc1ccc(CCNC(=O)c2cc(N3CCN(C)CC3)ccn2)cc1OC. The quantitative estimate of drug-likeness (QED) is 0.786. The topological polar surface area (TPSA) is 66.9 Å². The lowest BCUT2D eigenvalue weighted by Crippen LogP contribution is -2.44. The second-order valence-corrected chi connectivity index (χ2v) is 6.88. The number of nitrogens with zero attached hydrogens (tertiary/aromatic N) is 3. The van der Waals surface area contributed by atoms with Gasteiger partial charge in [0.05, 0.1) is 14.2 Å². The molecule has 3 rings (SSSR count). The molecule has 28 heavy (non-hydrogen) atoms. The number of methoxy groups -OCH3 is 2. The van der Waals surface area contributed by atoms with E-state index in [0.29, 0.717) is 30.2 Å². The first-order chi connectivity index (χ1) is 13.6. The number of benzene rings is 1. The van der Waals surface area contributed by atoms with Crippen molar-refractivity contribution in [2.75, 3.05) is 58.9 Å². The highest BCUT2D eigenvalue weighted by Gasteiger charge is 2.16. The molecule has 7 nitrogen and oxygen atoms in total. The molecular weight excluding hydrogens is 356 g/mol. The van der Waals surface area contributed by atoms with E-state index < -0.39 is 0 Å². The standard InChI is InChI=1S/C21H28N4O3/c1-24-10-12-25(13-11-24)17-7-9-22-18(15-17)21(26)23-8-6-16-4-5-19(27-2)20(14-16)28-3/h4-5,7,9,14-15H,6,8,10-13H2,1-3H3,(H,23,26). The summed E-state index contributed by atoms with van der Waals surface area (Å²) in [5, 5.41) is 2.95. The van der Waals surface area contributed by atoms with Gasteiger partial charge < -0.3 is 24.6 Å². The van der Waals surface area contributed by atoms with Crippen LogP contribution in [-0.2, 0) is 6.42 Å². The second kappa shape index (κ2) is 9.41. The Labute approximate surface area is 166 Å². The fraction of sp³-hybridized carbons (Fsp3) is 0.429. The molecule has 7 heteroatoms. The molecule has 1 N–H and O–H groups in total. The second-order valence-electron chi connectivity index (χ2n) is 6.88. The van der Waals surface area contributed by atoms with Gasteiger partial charge in [-0.15, -0.1) is 0 Å². The van der Waals surface area contributed by atoms with Gasteiger partial charge in [0, 0.05) is 44.6 Å². The summed E-state index contributed by atoms with van der Waals surface area (Å²) >= 11 is 0. The molecule has 1 fully saturated rings. The zero-order valence-electron chi connectivity index (χ0n) is 16.8. The van der Waals surface area contributed by atoms with E-state index in [2.05, 4.69) is 27.1 Å². The fourth-order valence-corrected chi connectivity index (χ4v) is 3.25. The van der Waals surface area contributed by atoms with Gasteiger partial charge in [0.25, 0.3) is 5.91 Å². The van der Waals surface area contributed by atoms with Crippen LogP contribution in [-0.4, -0.2) is 69.8 Å².